The summed E-state index contributed by atoms with van der Waals surface area (Å²) in [5, 5.41) is 17.2. The molecular weight excluding hydrogens is 670 g/mol. The molecule has 0 fully saturated rings. The zero-order chi connectivity index (χ0) is 32.8. The number of carbonyl (C=O) groups is 1. The first kappa shape index (κ1) is 35.9. The van der Waals surface area contributed by atoms with Gasteiger partial charge in [-0.25, -0.2) is 21.9 Å². The zero-order valence-electron chi connectivity index (χ0n) is 26.4. The van der Waals surface area contributed by atoms with E-state index in [4.69, 9.17) is 4.74 Å². The Morgan fingerprint density at radius 2 is 1.64 bits per heavy atom. The Bertz CT molecular complexity index is 2000. The van der Waals surface area contributed by atoms with Crippen LogP contribution in [0.4, 0.5) is 11.4 Å². The number of aromatic nitrogens is 4. The second-order valence-electron chi connectivity index (χ2n) is 12.3. The van der Waals surface area contributed by atoms with E-state index in [1.165, 1.54) is 22.8 Å². The summed E-state index contributed by atoms with van der Waals surface area (Å²) < 4.78 is 62.3. The van der Waals surface area contributed by atoms with Crippen molar-refractivity contribution in [2.45, 2.75) is 76.0 Å². The maximum Gasteiger partial charge on any atom is 2.00 e. The number of aryl methyl sites for hydroxylation is 1. The maximum absolute atomic E-state index is 13.5. The molecule has 0 spiro atoms. The van der Waals surface area contributed by atoms with E-state index in [9.17, 15) is 21.6 Å². The number of sulfone groups is 1. The number of rotatable bonds is 8. The quantitative estimate of drug-likeness (QED) is 0.164. The van der Waals surface area contributed by atoms with E-state index in [0.717, 1.165) is 18.4 Å². The number of carbonyl (C=O) groups excluding carboxylic acids is 1. The number of sulfonamides is 1. The van der Waals surface area contributed by atoms with Crippen LogP contribution in [-0.4, -0.2) is 50.4 Å². The molecule has 4 rings (SSSR count). The van der Waals surface area contributed by atoms with E-state index < -0.39 is 36.6 Å². The van der Waals surface area contributed by atoms with Crippen molar-refractivity contribution in [3.63, 3.8) is 0 Å². The Morgan fingerprint density at radius 1 is 0.978 bits per heavy atom. The van der Waals surface area contributed by atoms with Gasteiger partial charge in [-0.3, -0.25) is 4.63 Å². The van der Waals surface area contributed by atoms with Crippen molar-refractivity contribution in [3.05, 3.63) is 63.8 Å². The minimum atomic E-state index is -4.58. The van der Waals surface area contributed by atoms with Crippen molar-refractivity contribution in [1.29, 1.82) is 0 Å². The van der Waals surface area contributed by atoms with Gasteiger partial charge in [0.1, 0.15) is 21.5 Å². The molecule has 4 aromatic rings. The molecule has 0 saturated heterocycles. The average molecular weight is 705 g/mol. The molecule has 0 unspecified atom stereocenters. The topological polar surface area (TPSA) is 178 Å². The molecule has 2 aromatic heterocycles. The normalized spacial score (nSPS) is 12.8. The first-order valence-corrected chi connectivity index (χ1v) is 17.0. The van der Waals surface area contributed by atoms with Crippen LogP contribution < -0.4 is 9.72 Å². The number of fused-ring (bicyclic) bond motifs is 1. The van der Waals surface area contributed by atoms with Crippen LogP contribution in [0.5, 0.6) is 5.75 Å². The Kier molecular flexibility index (Phi) is 10.1. The number of hydrogen-bond acceptors (Lipinski definition) is 10. The monoisotopic (exact) mass is 704 g/mol. The summed E-state index contributed by atoms with van der Waals surface area (Å²) >= 11 is 0. The number of ether oxygens (including phenoxy) is 1. The Hall–Kier alpha value is -3.59. The van der Waals surface area contributed by atoms with Gasteiger partial charge in [-0.05, 0) is 61.0 Å². The summed E-state index contributed by atoms with van der Waals surface area (Å²) in [5.41, 5.74) is 0.412. The summed E-state index contributed by atoms with van der Waals surface area (Å²) in [4.78, 5) is 17.4. The van der Waals surface area contributed by atoms with E-state index in [2.05, 4.69) is 30.1 Å². The van der Waals surface area contributed by atoms with Crippen molar-refractivity contribution < 1.29 is 43.4 Å². The summed E-state index contributed by atoms with van der Waals surface area (Å²) in [6, 6.07) is 8.20. The van der Waals surface area contributed by atoms with E-state index in [0.29, 0.717) is 22.7 Å². The molecule has 13 nitrogen and oxygen atoms in total. The minimum absolute atomic E-state index is 0. The first-order valence-electron chi connectivity index (χ1n) is 13.7. The molecule has 245 valence electrons. The second-order valence-corrected chi connectivity index (χ2v) is 15.9. The van der Waals surface area contributed by atoms with Gasteiger partial charge in [0.05, 0.1) is 39.3 Å². The van der Waals surface area contributed by atoms with Crippen LogP contribution in [-0.2, 0) is 47.8 Å². The van der Waals surface area contributed by atoms with Gasteiger partial charge in [-0.1, -0.05) is 47.6 Å². The molecule has 1 amide bonds. The molecule has 0 aliphatic carbocycles. The molecule has 2 aromatic carbocycles. The van der Waals surface area contributed by atoms with E-state index in [1.54, 1.807) is 19.9 Å². The molecule has 0 bridgehead atoms. The molecule has 2 heterocycles. The third-order valence-corrected chi connectivity index (χ3v) is 8.91. The van der Waals surface area contributed by atoms with Crippen molar-refractivity contribution in [3.8, 4) is 5.75 Å². The second kappa shape index (κ2) is 12.7. The van der Waals surface area contributed by atoms with Crippen LogP contribution in [0.1, 0.15) is 75.9 Å². The Labute approximate surface area is 273 Å². The van der Waals surface area contributed by atoms with Gasteiger partial charge in [-0.2, -0.15) is 0 Å². The number of azo groups is 1. The Morgan fingerprint density at radius 3 is 2.22 bits per heavy atom. The van der Waals surface area contributed by atoms with Crippen LogP contribution >= 0.6 is 0 Å². The fourth-order valence-corrected chi connectivity index (χ4v) is 5.95. The molecule has 16 heteroatoms. The number of amides is 1. The smallest absolute Gasteiger partial charge is 0.537 e. The zero-order valence-corrected chi connectivity index (χ0v) is 28.9. The summed E-state index contributed by atoms with van der Waals surface area (Å²) in [7, 11) is -8.31. The molecule has 0 aliphatic rings. The van der Waals surface area contributed by atoms with E-state index in [-0.39, 0.29) is 56.2 Å². The minimum Gasteiger partial charge on any atom is -0.537 e. The number of benzene rings is 2. The summed E-state index contributed by atoms with van der Waals surface area (Å²) in [5.74, 6) is -0.663. The molecule has 1 radical (unpaired) electrons. The maximum atomic E-state index is 13.5. The molecule has 45 heavy (non-hydrogen) atoms. The standard InChI is InChI=1S/C29H36N7O6S2.Cu/c1-10-42-22-14-11-18(28(3,4)5)15-23(22)44(40,41)35-27(37)20-13-12-19(43(9,38)39)16-21(20)31-32-24-25(29(6,7)8)34-36-26(24)30-17(2)33-36;/h11-16H,10H2,1-9H3,(H-,30,31,33,34,35,37);/q-1;+2/p-1. The summed E-state index contributed by atoms with van der Waals surface area (Å²) in [6.45, 7) is 15.1. The van der Waals surface area contributed by atoms with Crippen LogP contribution in [0.25, 0.3) is 10.4 Å². The van der Waals surface area contributed by atoms with E-state index >= 15 is 0 Å². The van der Waals surface area contributed by atoms with Crippen molar-refractivity contribution >= 4 is 42.8 Å². The van der Waals surface area contributed by atoms with Crippen LogP contribution in [0.2, 0.25) is 0 Å². The molecule has 0 atom stereocenters. The summed E-state index contributed by atoms with van der Waals surface area (Å²) in [6.07, 6.45) is 0.998. The predicted octanol–water partition coefficient (Wildman–Crippen LogP) is 5.71. The van der Waals surface area contributed by atoms with Gasteiger partial charge in [0.15, 0.2) is 9.84 Å². The van der Waals surface area contributed by atoms with Crippen molar-refractivity contribution in [1.82, 2.24) is 19.8 Å². The van der Waals surface area contributed by atoms with Crippen LogP contribution in [0, 0.1) is 6.92 Å². The van der Waals surface area contributed by atoms with E-state index in [1.807, 2.05) is 41.5 Å². The van der Waals surface area contributed by atoms with Gasteiger partial charge in [0, 0.05) is 17.2 Å². The molecular formula is C29H35CuN7O6S2. The number of nitrogens with zero attached hydrogens (tertiary/aromatic N) is 7. The number of hydrogen-bond donors (Lipinski definition) is 0. The third-order valence-electron chi connectivity index (χ3n) is 6.51. The Balaban J connectivity index is 0.00000552. The average Bonchev–Trinajstić information content (AvgIpc) is 3.42. The van der Waals surface area contributed by atoms with Crippen LogP contribution in [0.15, 0.2) is 56.4 Å². The predicted molar refractivity (Wildman–Crippen MR) is 165 cm³/mol. The molecule has 0 saturated carbocycles. The van der Waals surface area contributed by atoms with Crippen molar-refractivity contribution in [2.75, 3.05) is 12.9 Å². The SMILES string of the molecule is CCOc1ccc(C(C)(C)C)cc1S(=O)(=O)[N-]C(=O)c1ccc(S(C)(=O)=O)cc1N=Nc1c(C(C)(C)C)nn2nc(C)[n-]c12.[Cu+2]. The molecule has 0 aliphatic heterocycles. The first-order chi connectivity index (χ1) is 20.2. The fraction of sp³-hybridized carbons (Fsp3) is 0.414. The van der Waals surface area contributed by atoms with Gasteiger partial charge in [0.2, 0.25) is 0 Å². The van der Waals surface area contributed by atoms with Gasteiger partial charge >= 0.3 is 17.1 Å². The molecule has 0 N–H and O–H groups in total. The third kappa shape index (κ3) is 7.80. The largest absolute Gasteiger partial charge is 2.00 e. The fourth-order valence-electron chi connectivity index (χ4n) is 4.24. The van der Waals surface area contributed by atoms with Crippen LogP contribution in [0.3, 0.4) is 0 Å². The van der Waals surface area contributed by atoms with Gasteiger partial charge < -0.3 is 24.3 Å². The van der Waals surface area contributed by atoms with Crippen molar-refractivity contribution in [2.24, 2.45) is 10.2 Å². The van der Waals surface area contributed by atoms with Gasteiger partial charge in [-0.15, -0.1) is 10.2 Å². The van der Waals surface area contributed by atoms with Gasteiger partial charge in [0.25, 0.3) is 0 Å².